The molecule has 4 aromatic carbocycles. The van der Waals surface area contributed by atoms with E-state index in [1.807, 2.05) is 24.3 Å². The monoisotopic (exact) mass is 1070 g/mol. The molecule has 0 aliphatic heterocycles. The molecule has 0 aromatic heterocycles. The number of rotatable bonds is 46. The number of aryl methyl sites for hydroxylation is 2. The lowest BCUT2D eigenvalue weighted by molar-refractivity contribution is 0.0974. The molecule has 0 saturated carbocycles. The SMILES string of the molecule is CCCCCCCCCCCCCCCCCCCCCCc1ccc(Sc2cccc3c2C(=O)c2c(Sc4ccc(CCCCCCCCCCCCCCCCCCCCCC)cc4N)cccc2C3=O)c(N)c1. The molecule has 4 aromatic rings. The van der Waals surface area contributed by atoms with Crippen LogP contribution in [0.4, 0.5) is 11.4 Å². The largest absolute Gasteiger partial charge is 0.398 e. The van der Waals surface area contributed by atoms with Gasteiger partial charge in [-0.3, -0.25) is 9.59 Å². The van der Waals surface area contributed by atoms with Gasteiger partial charge in [0.25, 0.3) is 0 Å². The average Bonchev–Trinajstić information content (AvgIpc) is 3.49. The number of nitrogens with two attached hydrogens (primary N) is 2. The molecule has 420 valence electrons. The minimum atomic E-state index is -0.125. The van der Waals surface area contributed by atoms with Crippen molar-refractivity contribution in [1.29, 1.82) is 0 Å². The maximum atomic E-state index is 14.6. The van der Waals surface area contributed by atoms with Crippen LogP contribution in [-0.4, -0.2) is 11.6 Å². The molecule has 0 unspecified atom stereocenters. The minimum absolute atomic E-state index is 0.120. The highest BCUT2D eigenvalue weighted by molar-refractivity contribution is 8.00. The van der Waals surface area contributed by atoms with Gasteiger partial charge in [-0.25, -0.2) is 0 Å². The summed E-state index contributed by atoms with van der Waals surface area (Å²) in [5.74, 6) is -0.244. The Morgan fingerprint density at radius 1 is 0.303 bits per heavy atom. The summed E-state index contributed by atoms with van der Waals surface area (Å²) in [5.41, 5.74) is 19.2. The Labute approximate surface area is 474 Å². The van der Waals surface area contributed by atoms with Gasteiger partial charge in [-0.2, -0.15) is 0 Å². The van der Waals surface area contributed by atoms with Gasteiger partial charge in [-0.1, -0.05) is 318 Å². The molecule has 1 aliphatic rings. The first-order chi connectivity index (χ1) is 37.4. The molecule has 0 spiro atoms. The number of carbonyl (C=O) groups excluding carboxylic acids is 2. The number of anilines is 2. The van der Waals surface area contributed by atoms with Crippen molar-refractivity contribution in [3.8, 4) is 0 Å². The molecule has 4 N–H and O–H groups in total. The normalized spacial score (nSPS) is 12.2. The van der Waals surface area contributed by atoms with Crippen LogP contribution in [0, 0.1) is 0 Å². The van der Waals surface area contributed by atoms with E-state index >= 15 is 0 Å². The molecular formula is C70H106N2O2S2. The summed E-state index contributed by atoms with van der Waals surface area (Å²) >= 11 is 2.96. The molecule has 0 amide bonds. The molecular weight excluding hydrogens is 965 g/mol. The van der Waals surface area contributed by atoms with Gasteiger partial charge in [-0.15, -0.1) is 0 Å². The Morgan fingerprint density at radius 3 is 0.829 bits per heavy atom. The summed E-state index contributed by atoms with van der Waals surface area (Å²) in [6, 6.07) is 24.0. The lowest BCUT2D eigenvalue weighted by Gasteiger charge is -2.22. The number of benzene rings is 4. The first-order valence-corrected chi connectivity index (χ1v) is 33.5. The maximum Gasteiger partial charge on any atom is 0.196 e. The van der Waals surface area contributed by atoms with Gasteiger partial charge in [-0.05, 0) is 73.2 Å². The first kappa shape index (κ1) is 63.4. The number of fused-ring (bicyclic) bond motifs is 2. The van der Waals surface area contributed by atoms with Crippen LogP contribution in [0.3, 0.4) is 0 Å². The number of hydrogen-bond donors (Lipinski definition) is 2. The van der Waals surface area contributed by atoms with Gasteiger partial charge < -0.3 is 11.5 Å². The number of nitrogen functional groups attached to an aromatic ring is 2. The highest BCUT2D eigenvalue weighted by Crippen LogP contribution is 2.43. The van der Waals surface area contributed by atoms with Gasteiger partial charge in [0.2, 0.25) is 0 Å². The second-order valence-corrected chi connectivity index (χ2v) is 25.1. The number of hydrogen-bond acceptors (Lipinski definition) is 6. The van der Waals surface area contributed by atoms with Crippen LogP contribution in [0.15, 0.2) is 92.4 Å². The summed E-state index contributed by atoms with van der Waals surface area (Å²) in [4.78, 5) is 32.0. The molecule has 1 aliphatic carbocycles. The van der Waals surface area contributed by atoms with Gasteiger partial charge in [0.05, 0.1) is 0 Å². The van der Waals surface area contributed by atoms with E-state index in [1.54, 1.807) is 12.1 Å². The molecule has 0 atom stereocenters. The van der Waals surface area contributed by atoms with Crippen molar-refractivity contribution in [2.75, 3.05) is 11.5 Å². The summed E-state index contributed by atoms with van der Waals surface area (Å²) in [5, 5.41) is 0. The van der Waals surface area contributed by atoms with Crippen LogP contribution >= 0.6 is 23.5 Å². The third-order valence-electron chi connectivity index (χ3n) is 16.2. The molecule has 5 rings (SSSR count). The van der Waals surface area contributed by atoms with E-state index in [4.69, 9.17) is 11.5 Å². The fraction of sp³-hybridized carbons (Fsp3) is 0.629. The van der Waals surface area contributed by atoms with Crippen LogP contribution in [-0.2, 0) is 12.8 Å². The molecule has 0 heterocycles. The van der Waals surface area contributed by atoms with Crippen molar-refractivity contribution in [3.63, 3.8) is 0 Å². The van der Waals surface area contributed by atoms with Crippen molar-refractivity contribution < 1.29 is 9.59 Å². The van der Waals surface area contributed by atoms with E-state index in [2.05, 4.69) is 50.2 Å². The molecule has 6 heteroatoms. The molecule has 0 bridgehead atoms. The van der Waals surface area contributed by atoms with Crippen LogP contribution in [0.2, 0.25) is 0 Å². The van der Waals surface area contributed by atoms with E-state index in [-0.39, 0.29) is 11.6 Å². The topological polar surface area (TPSA) is 86.2 Å². The van der Waals surface area contributed by atoms with Crippen LogP contribution in [0.1, 0.15) is 314 Å². The highest BCUT2D eigenvalue weighted by Gasteiger charge is 2.34. The van der Waals surface area contributed by atoms with E-state index in [0.717, 1.165) is 32.4 Å². The Morgan fingerprint density at radius 2 is 0.566 bits per heavy atom. The van der Waals surface area contributed by atoms with E-state index < -0.39 is 0 Å². The third kappa shape index (κ3) is 24.3. The Hall–Kier alpha value is -3.48. The predicted molar refractivity (Wildman–Crippen MR) is 333 cm³/mol. The van der Waals surface area contributed by atoms with Gasteiger partial charge in [0.1, 0.15) is 0 Å². The van der Waals surface area contributed by atoms with Crippen LogP contribution in [0.5, 0.6) is 0 Å². The summed E-state index contributed by atoms with van der Waals surface area (Å²) in [7, 11) is 0. The molecule has 4 nitrogen and oxygen atoms in total. The summed E-state index contributed by atoms with van der Waals surface area (Å²) in [6.07, 6.45) is 57.6. The standard InChI is InChI=1S/C70H106N2O2S2/c1-3-5-7-9-11-13-15-17-19-21-23-25-27-29-31-33-35-37-39-41-45-57-51-53-63(61(71)55-57)75-65-49-43-47-59-67(65)70(74)68-60(69(59)73)48-44-50-66(68)76-64-54-52-58(56-62(64)72)46-42-40-38-36-34-32-30-28-26-24-22-20-18-16-14-12-10-8-6-4-2/h43-44,47-56H,3-42,45-46,71-72H2,1-2H3. The molecule has 0 radical (unpaired) electrons. The second-order valence-electron chi connectivity index (χ2n) is 22.9. The Kier molecular flexibility index (Phi) is 33.2. The number of unbranched alkanes of at least 4 members (excludes halogenated alkanes) is 38. The molecule has 76 heavy (non-hydrogen) atoms. The molecule has 0 saturated heterocycles. The van der Waals surface area contributed by atoms with Gasteiger partial charge >= 0.3 is 0 Å². The average molecular weight is 1070 g/mol. The van der Waals surface area contributed by atoms with Crippen LogP contribution < -0.4 is 11.5 Å². The van der Waals surface area contributed by atoms with E-state index in [1.165, 1.54) is 291 Å². The minimum Gasteiger partial charge on any atom is -0.398 e. The Balaban J connectivity index is 0.956. The van der Waals surface area contributed by atoms with Crippen LogP contribution in [0.25, 0.3) is 0 Å². The zero-order valence-corrected chi connectivity index (χ0v) is 50.0. The summed E-state index contributed by atoms with van der Waals surface area (Å²) in [6.45, 7) is 4.59. The lowest BCUT2D eigenvalue weighted by atomic mass is 9.84. The fourth-order valence-electron chi connectivity index (χ4n) is 11.4. The number of ketones is 2. The van der Waals surface area contributed by atoms with Crippen molar-refractivity contribution in [1.82, 2.24) is 0 Å². The smallest absolute Gasteiger partial charge is 0.196 e. The first-order valence-electron chi connectivity index (χ1n) is 31.9. The predicted octanol–water partition coefficient (Wildman–Crippen LogP) is 22.7. The van der Waals surface area contributed by atoms with E-state index in [0.29, 0.717) is 33.6 Å². The Bertz CT molecular complexity index is 2060. The number of carbonyl (C=O) groups is 2. The zero-order chi connectivity index (χ0) is 53.7. The second kappa shape index (κ2) is 39.8. The van der Waals surface area contributed by atoms with Gasteiger partial charge in [0, 0.05) is 53.2 Å². The lowest BCUT2D eigenvalue weighted by Crippen LogP contribution is -2.22. The molecule has 0 fully saturated rings. The quantitative estimate of drug-likeness (QED) is 0.0298. The third-order valence-corrected chi connectivity index (χ3v) is 18.5. The van der Waals surface area contributed by atoms with Crippen molar-refractivity contribution in [2.45, 2.75) is 303 Å². The van der Waals surface area contributed by atoms with Crippen molar-refractivity contribution in [3.05, 3.63) is 106 Å². The summed E-state index contributed by atoms with van der Waals surface area (Å²) < 4.78 is 0. The highest BCUT2D eigenvalue weighted by atomic mass is 32.2. The maximum absolute atomic E-state index is 14.6. The van der Waals surface area contributed by atoms with Crippen molar-refractivity contribution in [2.24, 2.45) is 0 Å². The van der Waals surface area contributed by atoms with Gasteiger partial charge in [0.15, 0.2) is 11.6 Å². The zero-order valence-electron chi connectivity index (χ0n) is 48.4. The fourth-order valence-corrected chi connectivity index (χ4v) is 13.4. The van der Waals surface area contributed by atoms with E-state index in [9.17, 15) is 9.59 Å². The van der Waals surface area contributed by atoms with Crippen molar-refractivity contribution >= 4 is 46.5 Å².